The Morgan fingerprint density at radius 1 is 1.71 bits per heavy atom. The van der Waals surface area contributed by atoms with Crippen LogP contribution < -0.4 is 21.2 Å². The molecule has 0 radical (unpaired) electrons. The Labute approximate surface area is 53.4 Å². The molecular weight excluding hydrogens is 201 g/mol. The van der Waals surface area contributed by atoms with E-state index in [4.69, 9.17) is 0 Å². The van der Waals surface area contributed by atoms with Crippen molar-refractivity contribution < 1.29 is 21.2 Å². The molecule has 2 heteroatoms. The fraction of sp³-hybridized carbons (Fsp3) is 0.200. The van der Waals surface area contributed by atoms with E-state index in [9.17, 15) is 0 Å². The molecule has 7 heavy (non-hydrogen) atoms. The Hall–Kier alpha value is 0.01000. The van der Waals surface area contributed by atoms with E-state index in [1.807, 2.05) is 12.3 Å². The Balaban J connectivity index is 2.76. The first-order chi connectivity index (χ1) is 3.43. The van der Waals surface area contributed by atoms with E-state index in [-0.39, 0.29) is 0 Å². The van der Waals surface area contributed by atoms with Crippen LogP contribution in [-0.2, 0) is 0 Å². The maximum absolute atomic E-state index is 3.14. The van der Waals surface area contributed by atoms with Crippen molar-refractivity contribution in [1.29, 1.82) is 0 Å². The summed E-state index contributed by atoms with van der Waals surface area (Å²) in [7, 11) is 0. The molecule has 0 fully saturated rings. The van der Waals surface area contributed by atoms with Crippen molar-refractivity contribution in [3.8, 4) is 0 Å². The third-order valence-electron chi connectivity index (χ3n) is 0.764. The van der Waals surface area contributed by atoms with Gasteiger partial charge < -0.3 is 0 Å². The molecule has 0 aliphatic rings. The van der Waals surface area contributed by atoms with Crippen molar-refractivity contribution in [3.63, 3.8) is 0 Å². The molecule has 1 aromatic heterocycles. The van der Waals surface area contributed by atoms with Crippen molar-refractivity contribution in [2.24, 2.45) is 0 Å². The molecule has 0 unspecified atom stereocenters. The van der Waals surface area contributed by atoms with Crippen LogP contribution in [0, 0.1) is 3.70 Å². The molecule has 0 saturated heterocycles. The first-order valence-electron chi connectivity index (χ1n) is 2.06. The van der Waals surface area contributed by atoms with E-state index < -0.39 is 0 Å². The molecule has 0 atom stereocenters. The van der Waals surface area contributed by atoms with Gasteiger partial charge in [0, 0.05) is 0 Å². The SMILES string of the molecule is C[I-]c1ccc[nH]1. The predicted molar refractivity (Wildman–Crippen MR) is 25.4 cm³/mol. The van der Waals surface area contributed by atoms with Crippen LogP contribution in [0.1, 0.15) is 0 Å². The molecule has 1 N–H and O–H groups in total. The zero-order chi connectivity index (χ0) is 5.11. The van der Waals surface area contributed by atoms with E-state index in [1.54, 1.807) is 0 Å². The van der Waals surface area contributed by atoms with E-state index >= 15 is 0 Å². The van der Waals surface area contributed by atoms with Gasteiger partial charge in [0.15, 0.2) is 0 Å². The number of aromatic amines is 1. The number of H-pyrrole nitrogens is 1. The van der Waals surface area contributed by atoms with Gasteiger partial charge in [0.05, 0.1) is 0 Å². The molecule has 1 aromatic rings. The number of hydrogen-bond acceptors (Lipinski definition) is 0. The second-order valence-corrected chi connectivity index (χ2v) is 3.45. The van der Waals surface area contributed by atoms with Gasteiger partial charge in [-0.1, -0.05) is 0 Å². The zero-order valence-corrected chi connectivity index (χ0v) is 6.27. The minimum atomic E-state index is 0.291. The van der Waals surface area contributed by atoms with E-state index in [0.29, 0.717) is 21.2 Å². The summed E-state index contributed by atoms with van der Waals surface area (Å²) in [4.78, 5) is 5.38. The van der Waals surface area contributed by atoms with Crippen molar-refractivity contribution >= 4 is 0 Å². The topological polar surface area (TPSA) is 15.8 Å². The van der Waals surface area contributed by atoms with Gasteiger partial charge in [-0.05, 0) is 0 Å². The van der Waals surface area contributed by atoms with Crippen LogP contribution in [0.2, 0.25) is 0 Å². The van der Waals surface area contributed by atoms with Crippen LogP contribution in [0.3, 0.4) is 0 Å². The standard InChI is InChI=1S/C5H7IN/c1-6-5-3-2-4-7-5/h2-4,7H,1H3/q-1. The molecule has 0 aromatic carbocycles. The number of rotatable bonds is 1. The summed E-state index contributed by atoms with van der Waals surface area (Å²) in [6.07, 6.45) is 1.97. The summed E-state index contributed by atoms with van der Waals surface area (Å²) >= 11 is 0.291. The third-order valence-corrected chi connectivity index (χ3v) is 2.60. The molecule has 0 bridgehead atoms. The quantitative estimate of drug-likeness (QED) is 0.402. The summed E-state index contributed by atoms with van der Waals surface area (Å²) in [6, 6.07) is 4.17. The summed E-state index contributed by atoms with van der Waals surface area (Å²) in [5.41, 5.74) is 0. The van der Waals surface area contributed by atoms with Crippen LogP contribution in [0.4, 0.5) is 0 Å². The Kier molecular flexibility index (Phi) is 1.73. The molecule has 0 amide bonds. The predicted octanol–water partition coefficient (Wildman–Crippen LogP) is -2.10. The monoisotopic (exact) mass is 208 g/mol. The first kappa shape index (κ1) is 5.15. The molecule has 0 spiro atoms. The van der Waals surface area contributed by atoms with Gasteiger partial charge >= 0.3 is 53.1 Å². The number of halogens is 1. The molecule has 0 aliphatic carbocycles. The fourth-order valence-corrected chi connectivity index (χ4v) is 1.48. The van der Waals surface area contributed by atoms with E-state index in [1.165, 1.54) is 3.70 Å². The second kappa shape index (κ2) is 2.35. The summed E-state index contributed by atoms with van der Waals surface area (Å²) in [5.74, 6) is 0. The third kappa shape index (κ3) is 1.19. The molecule has 0 aliphatic heterocycles. The van der Waals surface area contributed by atoms with Gasteiger partial charge in [-0.3, -0.25) is 0 Å². The Bertz CT molecular complexity index is 123. The van der Waals surface area contributed by atoms with Gasteiger partial charge in [0.2, 0.25) is 0 Å². The average Bonchev–Trinajstić information content (AvgIpc) is 2.14. The molecule has 0 saturated carbocycles. The zero-order valence-electron chi connectivity index (χ0n) is 4.11. The second-order valence-electron chi connectivity index (χ2n) is 1.21. The number of aromatic nitrogens is 1. The summed E-state index contributed by atoms with van der Waals surface area (Å²) in [5, 5.41) is 0. The fourth-order valence-electron chi connectivity index (χ4n) is 0.426. The van der Waals surface area contributed by atoms with Gasteiger partial charge in [0.1, 0.15) is 0 Å². The number of hydrogen-bond donors (Lipinski definition) is 1. The van der Waals surface area contributed by atoms with Crippen LogP contribution in [-0.4, -0.2) is 9.91 Å². The molecule has 1 heterocycles. The number of nitrogens with one attached hydrogen (secondary N) is 1. The maximum atomic E-state index is 3.14. The first-order valence-corrected chi connectivity index (χ1v) is 5.30. The van der Waals surface area contributed by atoms with E-state index in [0.717, 1.165) is 0 Å². The van der Waals surface area contributed by atoms with Crippen LogP contribution in [0.5, 0.6) is 0 Å². The van der Waals surface area contributed by atoms with Crippen LogP contribution in [0.15, 0.2) is 18.3 Å². The number of alkyl halides is 1. The van der Waals surface area contributed by atoms with Crippen molar-refractivity contribution in [3.05, 3.63) is 22.0 Å². The van der Waals surface area contributed by atoms with Gasteiger partial charge in [0.25, 0.3) is 0 Å². The summed E-state index contributed by atoms with van der Waals surface area (Å²) < 4.78 is 1.42. The van der Waals surface area contributed by atoms with Gasteiger partial charge in [-0.25, -0.2) is 0 Å². The van der Waals surface area contributed by atoms with Crippen molar-refractivity contribution in [2.45, 2.75) is 0 Å². The van der Waals surface area contributed by atoms with Crippen LogP contribution in [0.25, 0.3) is 0 Å². The molecular formula is C5H7IN-. The van der Waals surface area contributed by atoms with Gasteiger partial charge in [-0.2, -0.15) is 0 Å². The molecule has 1 nitrogen and oxygen atoms in total. The Morgan fingerprint density at radius 3 is 2.86 bits per heavy atom. The van der Waals surface area contributed by atoms with Crippen molar-refractivity contribution in [1.82, 2.24) is 4.98 Å². The molecule has 1 rings (SSSR count). The van der Waals surface area contributed by atoms with E-state index in [2.05, 4.69) is 16.0 Å². The normalized spacial score (nSPS) is 9.86. The minimum absolute atomic E-state index is 0.291. The Morgan fingerprint density at radius 2 is 2.57 bits per heavy atom. The molecule has 40 valence electrons. The van der Waals surface area contributed by atoms with Crippen LogP contribution >= 0.6 is 0 Å². The average molecular weight is 208 g/mol. The summed E-state index contributed by atoms with van der Waals surface area (Å²) in [6.45, 7) is 0. The van der Waals surface area contributed by atoms with Crippen molar-refractivity contribution in [2.75, 3.05) is 4.93 Å². The van der Waals surface area contributed by atoms with Gasteiger partial charge in [-0.15, -0.1) is 0 Å².